The Morgan fingerprint density at radius 3 is 2.36 bits per heavy atom. The van der Waals surface area contributed by atoms with Gasteiger partial charge in [0.25, 0.3) is 5.91 Å². The molecule has 0 aromatic heterocycles. The first-order chi connectivity index (χ1) is 18.6. The van der Waals surface area contributed by atoms with Crippen molar-refractivity contribution in [3.63, 3.8) is 0 Å². The molecule has 206 valence electrons. The van der Waals surface area contributed by atoms with Crippen molar-refractivity contribution in [3.05, 3.63) is 65.2 Å². The number of benzodiazepines with no additional fused rings is 1. The Hall–Kier alpha value is -3.69. The summed E-state index contributed by atoms with van der Waals surface area (Å²) in [6.07, 6.45) is -3.74. The molecule has 4 N–H and O–H groups in total. The van der Waals surface area contributed by atoms with Gasteiger partial charge in [-0.2, -0.15) is 13.2 Å². The van der Waals surface area contributed by atoms with Gasteiger partial charge in [-0.25, -0.2) is 4.99 Å². The number of primary amides is 1. The third-order valence-electron chi connectivity index (χ3n) is 7.66. The lowest BCUT2D eigenvalue weighted by molar-refractivity contribution is -0.146. The second kappa shape index (κ2) is 10.8. The summed E-state index contributed by atoms with van der Waals surface area (Å²) in [5.41, 5.74) is 9.14. The molecule has 5 rings (SSSR count). The van der Waals surface area contributed by atoms with Crippen molar-refractivity contribution in [2.75, 3.05) is 5.32 Å². The average Bonchev–Trinajstić information content (AvgIpc) is 3.79. The van der Waals surface area contributed by atoms with Gasteiger partial charge in [0.2, 0.25) is 18.0 Å². The Kier molecular flexibility index (Phi) is 7.46. The molecule has 2 fully saturated rings. The summed E-state index contributed by atoms with van der Waals surface area (Å²) in [7, 11) is 0. The first kappa shape index (κ1) is 26.9. The molecular weight excluding hydrogens is 509 g/mol. The zero-order valence-electron chi connectivity index (χ0n) is 21.3. The number of aliphatic imine (C=N–C) groups is 1. The first-order valence-electron chi connectivity index (χ1n) is 13.3. The second-order valence-corrected chi connectivity index (χ2v) is 10.7. The summed E-state index contributed by atoms with van der Waals surface area (Å²) in [5.74, 6) is -4.15. The van der Waals surface area contributed by atoms with E-state index in [9.17, 15) is 27.6 Å². The lowest BCUT2D eigenvalue weighted by atomic mass is 9.83. The van der Waals surface area contributed by atoms with Gasteiger partial charge in [-0.05, 0) is 43.1 Å². The van der Waals surface area contributed by atoms with E-state index in [2.05, 4.69) is 15.6 Å². The highest BCUT2D eigenvalue weighted by Gasteiger charge is 2.41. The van der Waals surface area contributed by atoms with Gasteiger partial charge in [-0.1, -0.05) is 61.4 Å². The maximum absolute atomic E-state index is 13.6. The average molecular weight is 541 g/mol. The SMILES string of the molecule is NC(=O)[C@H](CCC(F)(F)F)[C@H](CC1CC1)C(=O)NC1N=C(c2ccccc2)c2cccc(C3CC3)c2NC1=O. The minimum absolute atomic E-state index is 0.130. The summed E-state index contributed by atoms with van der Waals surface area (Å²) < 4.78 is 39.0. The number of benzene rings is 2. The fourth-order valence-electron chi connectivity index (χ4n) is 5.28. The zero-order chi connectivity index (χ0) is 27.7. The van der Waals surface area contributed by atoms with Crippen LogP contribution in [0, 0.1) is 17.8 Å². The third-order valence-corrected chi connectivity index (χ3v) is 7.66. The molecule has 0 spiro atoms. The van der Waals surface area contributed by atoms with Crippen LogP contribution in [0.1, 0.15) is 67.6 Å². The molecule has 0 bridgehead atoms. The molecule has 2 aromatic rings. The van der Waals surface area contributed by atoms with Crippen LogP contribution in [0.15, 0.2) is 53.5 Å². The van der Waals surface area contributed by atoms with Crippen LogP contribution in [0.5, 0.6) is 0 Å². The number of nitrogens with one attached hydrogen (secondary N) is 2. The summed E-state index contributed by atoms with van der Waals surface area (Å²) >= 11 is 0. The number of alkyl halides is 3. The Balaban J connectivity index is 1.47. The number of amides is 3. The number of anilines is 1. The van der Waals surface area contributed by atoms with Gasteiger partial charge in [0.15, 0.2) is 0 Å². The first-order valence-corrected chi connectivity index (χ1v) is 13.3. The van der Waals surface area contributed by atoms with Crippen molar-refractivity contribution in [1.29, 1.82) is 0 Å². The highest BCUT2D eigenvalue weighted by molar-refractivity contribution is 6.20. The predicted molar refractivity (Wildman–Crippen MR) is 140 cm³/mol. The summed E-state index contributed by atoms with van der Waals surface area (Å²) in [5, 5.41) is 5.59. The van der Waals surface area contributed by atoms with E-state index in [-0.39, 0.29) is 12.3 Å². The van der Waals surface area contributed by atoms with Gasteiger partial charge in [0.05, 0.1) is 11.4 Å². The quantitative estimate of drug-likeness (QED) is 0.407. The summed E-state index contributed by atoms with van der Waals surface area (Å²) in [4.78, 5) is 43.9. The van der Waals surface area contributed by atoms with Crippen molar-refractivity contribution in [2.24, 2.45) is 28.5 Å². The van der Waals surface area contributed by atoms with Gasteiger partial charge < -0.3 is 16.4 Å². The molecule has 2 saturated carbocycles. The minimum Gasteiger partial charge on any atom is -0.369 e. The van der Waals surface area contributed by atoms with E-state index in [0.717, 1.165) is 42.4 Å². The number of hydrogen-bond acceptors (Lipinski definition) is 4. The van der Waals surface area contributed by atoms with E-state index in [0.29, 0.717) is 17.3 Å². The van der Waals surface area contributed by atoms with Crippen LogP contribution in [-0.2, 0) is 14.4 Å². The van der Waals surface area contributed by atoms with E-state index >= 15 is 0 Å². The van der Waals surface area contributed by atoms with Crippen molar-refractivity contribution in [2.45, 2.75) is 63.2 Å². The van der Waals surface area contributed by atoms with Crippen molar-refractivity contribution < 1.29 is 27.6 Å². The Bertz CT molecular complexity index is 1290. The highest BCUT2D eigenvalue weighted by atomic mass is 19.4. The van der Waals surface area contributed by atoms with Crippen molar-refractivity contribution in [1.82, 2.24) is 5.32 Å². The predicted octanol–water partition coefficient (Wildman–Crippen LogP) is 4.66. The fourth-order valence-corrected chi connectivity index (χ4v) is 5.28. The van der Waals surface area contributed by atoms with E-state index in [1.54, 1.807) is 0 Å². The summed E-state index contributed by atoms with van der Waals surface area (Å²) in [6, 6.07) is 15.0. The molecule has 39 heavy (non-hydrogen) atoms. The van der Waals surface area contributed by atoms with Crippen molar-refractivity contribution >= 4 is 29.1 Å². The molecule has 0 saturated heterocycles. The lowest BCUT2D eigenvalue weighted by Gasteiger charge is -2.26. The molecule has 1 aliphatic heterocycles. The van der Waals surface area contributed by atoms with Crippen LogP contribution in [0.25, 0.3) is 0 Å². The molecule has 3 atom stereocenters. The summed E-state index contributed by atoms with van der Waals surface area (Å²) in [6.45, 7) is 0. The smallest absolute Gasteiger partial charge is 0.369 e. The van der Waals surface area contributed by atoms with E-state index < -0.39 is 54.7 Å². The maximum Gasteiger partial charge on any atom is 0.389 e. The number of carbonyl (C=O) groups excluding carboxylic acids is 3. The van der Waals surface area contributed by atoms with E-state index in [4.69, 9.17) is 5.73 Å². The molecule has 2 aliphatic carbocycles. The van der Waals surface area contributed by atoms with Gasteiger partial charge in [-0.15, -0.1) is 0 Å². The molecule has 3 aliphatic rings. The molecule has 0 radical (unpaired) electrons. The van der Waals surface area contributed by atoms with Crippen LogP contribution in [-0.4, -0.2) is 35.8 Å². The molecular formula is C29H31F3N4O3. The number of carbonyl (C=O) groups is 3. The molecule has 1 heterocycles. The number of fused-ring (bicyclic) bond motifs is 1. The van der Waals surface area contributed by atoms with Crippen LogP contribution in [0.4, 0.5) is 18.9 Å². The topological polar surface area (TPSA) is 114 Å². The number of nitrogens with two attached hydrogens (primary N) is 1. The lowest BCUT2D eigenvalue weighted by Crippen LogP contribution is -2.48. The maximum atomic E-state index is 13.6. The van der Waals surface area contributed by atoms with Crippen LogP contribution in [0.2, 0.25) is 0 Å². The number of nitrogens with zero attached hydrogens (tertiary/aromatic N) is 1. The molecule has 2 aromatic carbocycles. The van der Waals surface area contributed by atoms with Crippen LogP contribution < -0.4 is 16.4 Å². The largest absolute Gasteiger partial charge is 0.389 e. The Labute approximate surface area is 224 Å². The standard InChI is InChI=1S/C29H31F3N4O3/c30-29(31,32)14-13-20(25(33)37)22(15-16-9-10-16)27(38)36-26-28(39)35-24-19(17-11-12-17)7-4-8-21(24)23(34-26)18-5-2-1-3-6-18/h1-8,16-17,20,22,26H,9-15H2,(H2,33,37)(H,35,39)(H,36,38)/t20-,22+,26?/m1/s1. The van der Waals surface area contributed by atoms with Gasteiger partial charge in [0.1, 0.15) is 0 Å². The van der Waals surface area contributed by atoms with Gasteiger partial charge >= 0.3 is 6.18 Å². The fraction of sp³-hybridized carbons (Fsp3) is 0.448. The van der Waals surface area contributed by atoms with E-state index in [1.165, 1.54) is 0 Å². The van der Waals surface area contributed by atoms with Crippen LogP contribution >= 0.6 is 0 Å². The third kappa shape index (κ3) is 6.49. The van der Waals surface area contributed by atoms with E-state index in [1.807, 2.05) is 48.5 Å². The Morgan fingerprint density at radius 1 is 1.03 bits per heavy atom. The monoisotopic (exact) mass is 540 g/mol. The number of halogens is 3. The van der Waals surface area contributed by atoms with Crippen LogP contribution in [0.3, 0.4) is 0 Å². The zero-order valence-corrected chi connectivity index (χ0v) is 21.3. The second-order valence-electron chi connectivity index (χ2n) is 10.7. The highest BCUT2D eigenvalue weighted by Crippen LogP contribution is 2.45. The number of hydrogen-bond donors (Lipinski definition) is 3. The van der Waals surface area contributed by atoms with Crippen molar-refractivity contribution in [3.8, 4) is 0 Å². The molecule has 10 heteroatoms. The molecule has 1 unspecified atom stereocenters. The number of rotatable bonds is 10. The van der Waals surface area contributed by atoms with Gasteiger partial charge in [0, 0.05) is 29.4 Å². The normalized spacial score (nSPS) is 20.6. The minimum atomic E-state index is -4.49. The Morgan fingerprint density at radius 2 is 1.74 bits per heavy atom. The van der Waals surface area contributed by atoms with Gasteiger partial charge in [-0.3, -0.25) is 14.4 Å². The molecule has 7 nitrogen and oxygen atoms in total. The number of para-hydroxylation sites is 1. The molecule has 3 amide bonds.